The standard InChI is InChI=1S/C66H40B2N4S2/c1-5-19-41(20-6-1)69-53-29-17-31-55-61(53)67(49-37-35-47-45-27-13-15-33-59(45)73-65(47)63(49)71(55)43-23-9-3-10-24-43)51-39-52-58(40-57(51)69)70(42-21-7-2-8-22-42)54-30-18-32-56-62(54)68(52)50-38-36-48-46-28-14-16-34-60(46)74-66(48)64(50)72(56)44-25-11-4-12-26-44/h1-40H. The quantitative estimate of drug-likeness (QED) is 0.163. The summed E-state index contributed by atoms with van der Waals surface area (Å²) in [6.07, 6.45) is 0. The van der Waals surface area contributed by atoms with Crippen molar-refractivity contribution in [2.75, 3.05) is 19.6 Å². The number of hydrogen-bond acceptors (Lipinski definition) is 6. The normalized spacial score (nSPS) is 13.8. The first-order valence-electron chi connectivity index (χ1n) is 25.5. The van der Waals surface area contributed by atoms with Crippen LogP contribution in [0.3, 0.4) is 0 Å². The molecule has 0 fully saturated rings. The third-order valence-electron chi connectivity index (χ3n) is 16.2. The predicted molar refractivity (Wildman–Crippen MR) is 320 cm³/mol. The average Bonchev–Trinajstić information content (AvgIpc) is 4.12. The smallest absolute Gasteiger partial charge is 0.252 e. The Balaban J connectivity index is 1.01. The Hall–Kier alpha value is -8.81. The minimum atomic E-state index is -0.0678. The summed E-state index contributed by atoms with van der Waals surface area (Å²) in [6, 6.07) is 91.0. The molecule has 0 atom stereocenters. The molecule has 342 valence electrons. The molecule has 0 aliphatic carbocycles. The number of rotatable bonds is 4. The summed E-state index contributed by atoms with van der Waals surface area (Å²) < 4.78 is 5.25. The van der Waals surface area contributed by atoms with Gasteiger partial charge in [-0.2, -0.15) is 0 Å². The van der Waals surface area contributed by atoms with Gasteiger partial charge in [-0.1, -0.05) is 152 Å². The molecule has 0 bridgehead atoms. The Morgan fingerprint density at radius 1 is 0.257 bits per heavy atom. The SMILES string of the molecule is c1ccc(N2c3cc4c(cc3B3c5ccc6c(sc7ccccc76)c5N(c5ccccc5)c5cccc2c53)B2c3ccc5c(sc6ccccc65)c3N(c3ccccc3)c3cccc(c32)N4c2ccccc2)cc1. The molecule has 0 saturated carbocycles. The second-order valence-electron chi connectivity index (χ2n) is 19.9. The third-order valence-corrected chi connectivity index (χ3v) is 18.6. The fourth-order valence-electron chi connectivity index (χ4n) is 13.3. The molecule has 4 aliphatic rings. The highest BCUT2D eigenvalue weighted by atomic mass is 32.1. The van der Waals surface area contributed by atoms with Crippen molar-refractivity contribution in [2.24, 2.45) is 0 Å². The first kappa shape index (κ1) is 40.7. The molecule has 4 aliphatic heterocycles. The fraction of sp³-hybridized carbons (Fsp3) is 0. The van der Waals surface area contributed by atoms with Gasteiger partial charge in [0.25, 0.3) is 13.4 Å². The lowest BCUT2D eigenvalue weighted by Gasteiger charge is -2.47. The Bertz CT molecular complexity index is 4200. The van der Waals surface area contributed by atoms with Crippen molar-refractivity contribution in [1.82, 2.24) is 0 Å². The second kappa shape index (κ2) is 15.4. The van der Waals surface area contributed by atoms with Gasteiger partial charge in [0.2, 0.25) is 0 Å². The second-order valence-corrected chi connectivity index (χ2v) is 22.0. The molecule has 13 aromatic rings. The van der Waals surface area contributed by atoms with Gasteiger partial charge in [0.05, 0.1) is 20.8 Å². The maximum absolute atomic E-state index is 2.65. The van der Waals surface area contributed by atoms with Gasteiger partial charge in [-0.3, -0.25) is 0 Å². The zero-order valence-electron chi connectivity index (χ0n) is 39.9. The van der Waals surface area contributed by atoms with Crippen LogP contribution in [0.5, 0.6) is 0 Å². The van der Waals surface area contributed by atoms with Gasteiger partial charge < -0.3 is 19.6 Å². The molecule has 11 aromatic carbocycles. The number of fused-ring (bicyclic) bond motifs is 16. The van der Waals surface area contributed by atoms with Crippen LogP contribution in [-0.2, 0) is 0 Å². The van der Waals surface area contributed by atoms with Crippen LogP contribution < -0.4 is 52.4 Å². The van der Waals surface area contributed by atoms with E-state index in [1.807, 2.05) is 22.7 Å². The van der Waals surface area contributed by atoms with Crippen molar-refractivity contribution < 1.29 is 0 Å². The van der Waals surface area contributed by atoms with Crippen LogP contribution in [0.2, 0.25) is 0 Å². The van der Waals surface area contributed by atoms with Gasteiger partial charge in [-0.25, -0.2) is 0 Å². The van der Waals surface area contributed by atoms with Crippen LogP contribution in [0.15, 0.2) is 243 Å². The Kier molecular flexibility index (Phi) is 8.46. The summed E-state index contributed by atoms with van der Waals surface area (Å²) in [6.45, 7) is -0.136. The van der Waals surface area contributed by atoms with Crippen LogP contribution in [0, 0.1) is 0 Å². The maximum atomic E-state index is 2.65. The van der Waals surface area contributed by atoms with E-state index in [9.17, 15) is 0 Å². The zero-order valence-corrected chi connectivity index (χ0v) is 41.5. The molecule has 0 radical (unpaired) electrons. The van der Waals surface area contributed by atoms with E-state index in [2.05, 4.69) is 262 Å². The minimum Gasteiger partial charge on any atom is -0.311 e. The molecule has 0 saturated heterocycles. The molecule has 0 unspecified atom stereocenters. The highest BCUT2D eigenvalue weighted by Gasteiger charge is 2.49. The molecule has 0 spiro atoms. The van der Waals surface area contributed by atoms with Crippen LogP contribution >= 0.6 is 22.7 Å². The van der Waals surface area contributed by atoms with E-state index in [1.54, 1.807) is 0 Å². The molecule has 8 heteroatoms. The third kappa shape index (κ3) is 5.48. The molecule has 17 rings (SSSR count). The number of benzene rings is 11. The van der Waals surface area contributed by atoms with E-state index < -0.39 is 0 Å². The molecule has 2 aromatic heterocycles. The fourth-order valence-corrected chi connectivity index (χ4v) is 15.8. The van der Waals surface area contributed by atoms with Crippen molar-refractivity contribution in [3.05, 3.63) is 243 Å². The lowest BCUT2D eigenvalue weighted by atomic mass is 9.30. The van der Waals surface area contributed by atoms with Crippen molar-refractivity contribution in [3.8, 4) is 0 Å². The van der Waals surface area contributed by atoms with Crippen LogP contribution in [0.1, 0.15) is 0 Å². The molecule has 0 N–H and O–H groups in total. The van der Waals surface area contributed by atoms with Gasteiger partial charge in [-0.15, -0.1) is 22.7 Å². The predicted octanol–water partition coefficient (Wildman–Crippen LogP) is 14.6. The summed E-state index contributed by atoms with van der Waals surface area (Å²) in [7, 11) is 0. The highest BCUT2D eigenvalue weighted by Crippen LogP contribution is 2.52. The van der Waals surface area contributed by atoms with Gasteiger partial charge >= 0.3 is 0 Å². The maximum Gasteiger partial charge on any atom is 0.252 e. The minimum absolute atomic E-state index is 0.0678. The highest BCUT2D eigenvalue weighted by molar-refractivity contribution is 7.27. The lowest BCUT2D eigenvalue weighted by Crippen LogP contribution is -2.65. The first-order valence-corrected chi connectivity index (χ1v) is 27.1. The number of nitrogens with zero attached hydrogens (tertiary/aromatic N) is 4. The average molecular weight is 975 g/mol. The van der Waals surface area contributed by atoms with E-state index >= 15 is 0 Å². The Morgan fingerprint density at radius 2 is 0.608 bits per heavy atom. The number of thiophene rings is 2. The number of para-hydroxylation sites is 4. The van der Waals surface area contributed by atoms with Crippen LogP contribution in [-0.4, -0.2) is 13.4 Å². The van der Waals surface area contributed by atoms with Crippen molar-refractivity contribution in [2.45, 2.75) is 0 Å². The number of hydrogen-bond donors (Lipinski definition) is 0. The van der Waals surface area contributed by atoms with Crippen molar-refractivity contribution >= 4 is 177 Å². The van der Waals surface area contributed by atoms with E-state index in [0.29, 0.717) is 0 Å². The molecule has 4 nitrogen and oxygen atoms in total. The summed E-state index contributed by atoms with van der Waals surface area (Å²) in [4.78, 5) is 10.2. The van der Waals surface area contributed by atoms with E-state index in [4.69, 9.17) is 0 Å². The summed E-state index contributed by atoms with van der Waals surface area (Å²) in [5.41, 5.74) is 22.3. The molecule has 0 amide bonds. The van der Waals surface area contributed by atoms with Crippen molar-refractivity contribution in [1.29, 1.82) is 0 Å². The lowest BCUT2D eigenvalue weighted by molar-refractivity contribution is 1.24. The van der Waals surface area contributed by atoms with Crippen molar-refractivity contribution in [3.63, 3.8) is 0 Å². The summed E-state index contributed by atoms with van der Waals surface area (Å²) >= 11 is 3.84. The van der Waals surface area contributed by atoms with E-state index in [0.717, 1.165) is 22.7 Å². The molecular weight excluding hydrogens is 935 g/mol. The van der Waals surface area contributed by atoms with E-state index in [1.165, 1.54) is 119 Å². The van der Waals surface area contributed by atoms with Gasteiger partial charge in [0.1, 0.15) is 0 Å². The van der Waals surface area contributed by atoms with Crippen LogP contribution in [0.25, 0.3) is 40.3 Å². The van der Waals surface area contributed by atoms with Gasteiger partial charge in [0, 0.05) is 87.8 Å². The monoisotopic (exact) mass is 974 g/mol. The Morgan fingerprint density at radius 3 is 1.01 bits per heavy atom. The first-order chi connectivity index (χ1) is 36.8. The Labute approximate surface area is 437 Å². The topological polar surface area (TPSA) is 13.0 Å². The van der Waals surface area contributed by atoms with E-state index in [-0.39, 0.29) is 13.4 Å². The van der Waals surface area contributed by atoms with Gasteiger partial charge in [-0.05, 0) is 124 Å². The van der Waals surface area contributed by atoms with Crippen LogP contribution in [0.4, 0.5) is 68.2 Å². The summed E-state index contributed by atoms with van der Waals surface area (Å²) in [5.74, 6) is 0. The zero-order chi connectivity index (χ0) is 48.2. The largest absolute Gasteiger partial charge is 0.311 e. The molecule has 6 heterocycles. The van der Waals surface area contributed by atoms with Gasteiger partial charge in [0.15, 0.2) is 0 Å². The molecular formula is C66H40B2N4S2. The summed E-state index contributed by atoms with van der Waals surface area (Å²) in [5, 5.41) is 5.21. The number of anilines is 12. The molecule has 74 heavy (non-hydrogen) atoms.